The summed E-state index contributed by atoms with van der Waals surface area (Å²) in [7, 11) is 0. The number of thioether (sulfide) groups is 1. The molecule has 0 aliphatic carbocycles. The molecule has 0 aromatic heterocycles. The third-order valence-electron chi connectivity index (χ3n) is 1.86. The predicted molar refractivity (Wildman–Crippen MR) is 50.3 cm³/mol. The first-order valence-electron chi connectivity index (χ1n) is 3.94. The number of hydrogen-bond donors (Lipinski definition) is 1. The molecule has 1 saturated heterocycles. The van der Waals surface area contributed by atoms with Crippen molar-refractivity contribution in [3.8, 4) is 0 Å². The van der Waals surface area contributed by atoms with E-state index in [1.54, 1.807) is 0 Å². The minimum Gasteiger partial charge on any atom is -0.286 e. The maximum absolute atomic E-state index is 12.6. The molecule has 1 aliphatic heterocycles. The SMILES string of the molecule is O=C1NC(=O)C(c2ccc(F)cc2)S1. The van der Waals surface area contributed by atoms with E-state index in [1.165, 1.54) is 24.3 Å². The van der Waals surface area contributed by atoms with Crippen LogP contribution < -0.4 is 5.32 Å². The molecule has 0 bridgehead atoms. The molecule has 2 rings (SSSR count). The van der Waals surface area contributed by atoms with E-state index in [2.05, 4.69) is 5.32 Å². The topological polar surface area (TPSA) is 46.2 Å². The van der Waals surface area contributed by atoms with E-state index in [-0.39, 0.29) is 17.0 Å². The van der Waals surface area contributed by atoms with Crippen LogP contribution >= 0.6 is 11.8 Å². The summed E-state index contributed by atoms with van der Waals surface area (Å²) in [5, 5.41) is 1.28. The normalized spacial score (nSPS) is 21.1. The first-order chi connectivity index (χ1) is 6.66. The minimum absolute atomic E-state index is 0.341. The summed E-state index contributed by atoms with van der Waals surface area (Å²) in [5.41, 5.74) is 0.639. The number of halogens is 1. The summed E-state index contributed by atoms with van der Waals surface area (Å²) in [4.78, 5) is 22.1. The third-order valence-corrected chi connectivity index (χ3v) is 2.90. The van der Waals surface area contributed by atoms with Gasteiger partial charge in [0, 0.05) is 0 Å². The van der Waals surface area contributed by atoms with Gasteiger partial charge in [-0.1, -0.05) is 12.1 Å². The second kappa shape index (κ2) is 3.42. The van der Waals surface area contributed by atoms with Crippen molar-refractivity contribution in [2.45, 2.75) is 5.25 Å². The van der Waals surface area contributed by atoms with Gasteiger partial charge >= 0.3 is 0 Å². The number of imide groups is 1. The molecule has 1 heterocycles. The lowest BCUT2D eigenvalue weighted by Crippen LogP contribution is -2.20. The van der Waals surface area contributed by atoms with Crippen molar-refractivity contribution >= 4 is 22.9 Å². The van der Waals surface area contributed by atoms with Crippen LogP contribution in [0.5, 0.6) is 0 Å². The molecule has 1 fully saturated rings. The zero-order valence-electron chi connectivity index (χ0n) is 6.99. The second-order valence-electron chi connectivity index (χ2n) is 2.83. The van der Waals surface area contributed by atoms with Crippen molar-refractivity contribution in [1.29, 1.82) is 0 Å². The molecule has 0 spiro atoms. The standard InChI is InChI=1S/C9H6FNO2S/c10-6-3-1-5(2-4-6)7-8(12)11-9(13)14-7/h1-4,7H,(H,11,12,13). The second-order valence-corrected chi connectivity index (χ2v) is 3.90. The van der Waals surface area contributed by atoms with Gasteiger partial charge in [0.2, 0.25) is 5.91 Å². The fraction of sp³-hybridized carbons (Fsp3) is 0.111. The lowest BCUT2D eigenvalue weighted by molar-refractivity contribution is -0.119. The van der Waals surface area contributed by atoms with Crippen molar-refractivity contribution < 1.29 is 14.0 Å². The summed E-state index contributed by atoms with van der Waals surface area (Å²) in [6.45, 7) is 0. The highest BCUT2D eigenvalue weighted by atomic mass is 32.2. The molecule has 1 aromatic carbocycles. The fourth-order valence-corrected chi connectivity index (χ4v) is 2.05. The molecule has 5 heteroatoms. The number of benzene rings is 1. The van der Waals surface area contributed by atoms with Gasteiger partial charge in [0.1, 0.15) is 11.1 Å². The van der Waals surface area contributed by atoms with Crippen LogP contribution in [-0.4, -0.2) is 11.1 Å². The first kappa shape index (κ1) is 9.21. The van der Waals surface area contributed by atoms with Crippen LogP contribution in [0, 0.1) is 5.82 Å². The molecule has 2 amide bonds. The summed E-state index contributed by atoms with van der Waals surface area (Å²) in [6.07, 6.45) is 0. The average molecular weight is 211 g/mol. The molecule has 14 heavy (non-hydrogen) atoms. The van der Waals surface area contributed by atoms with Gasteiger partial charge in [-0.15, -0.1) is 0 Å². The fourth-order valence-electron chi connectivity index (χ4n) is 1.21. The largest absolute Gasteiger partial charge is 0.286 e. The molecule has 1 atom stereocenters. The third kappa shape index (κ3) is 1.63. The number of amides is 2. The van der Waals surface area contributed by atoms with Crippen LogP contribution in [0.3, 0.4) is 0 Å². The zero-order valence-corrected chi connectivity index (χ0v) is 7.81. The molecule has 1 N–H and O–H groups in total. The molecule has 72 valence electrons. The van der Waals surface area contributed by atoms with Gasteiger partial charge in [0.05, 0.1) is 0 Å². The van der Waals surface area contributed by atoms with E-state index in [4.69, 9.17) is 0 Å². The molecule has 1 aliphatic rings. The Balaban J connectivity index is 2.27. The lowest BCUT2D eigenvalue weighted by atomic mass is 10.1. The van der Waals surface area contributed by atoms with Crippen LogP contribution in [0.25, 0.3) is 0 Å². The first-order valence-corrected chi connectivity index (χ1v) is 4.82. The molecule has 1 aromatic rings. The Bertz CT molecular complexity index is 390. The van der Waals surface area contributed by atoms with Crippen LogP contribution in [0.1, 0.15) is 10.8 Å². The predicted octanol–water partition coefficient (Wildman–Crippen LogP) is 1.85. The minimum atomic E-state index is -0.539. The van der Waals surface area contributed by atoms with E-state index in [9.17, 15) is 14.0 Å². The van der Waals surface area contributed by atoms with Gasteiger partial charge in [-0.2, -0.15) is 0 Å². The van der Waals surface area contributed by atoms with Gasteiger partial charge in [-0.25, -0.2) is 4.39 Å². The van der Waals surface area contributed by atoms with Crippen LogP contribution in [0.2, 0.25) is 0 Å². The Morgan fingerprint density at radius 3 is 2.36 bits per heavy atom. The highest BCUT2D eigenvalue weighted by molar-refractivity contribution is 8.15. The summed E-state index contributed by atoms with van der Waals surface area (Å²) in [6, 6.07) is 5.55. The van der Waals surface area contributed by atoms with Crippen molar-refractivity contribution in [1.82, 2.24) is 5.32 Å². The van der Waals surface area contributed by atoms with Crippen molar-refractivity contribution in [2.75, 3.05) is 0 Å². The molecule has 3 nitrogen and oxygen atoms in total. The lowest BCUT2D eigenvalue weighted by Gasteiger charge is -2.03. The average Bonchev–Trinajstić information content (AvgIpc) is 2.47. The Labute approximate surface area is 83.7 Å². The highest BCUT2D eigenvalue weighted by Crippen LogP contribution is 2.33. The zero-order chi connectivity index (χ0) is 10.1. The van der Waals surface area contributed by atoms with Gasteiger partial charge in [0.15, 0.2) is 0 Å². The Morgan fingerprint density at radius 2 is 1.86 bits per heavy atom. The summed E-state index contributed by atoms with van der Waals surface area (Å²) in [5.74, 6) is -0.699. The molecular weight excluding hydrogens is 205 g/mol. The van der Waals surface area contributed by atoms with E-state index in [0.29, 0.717) is 5.56 Å². The van der Waals surface area contributed by atoms with Gasteiger partial charge in [0.25, 0.3) is 5.24 Å². The Kier molecular flexibility index (Phi) is 2.25. The molecule has 0 saturated carbocycles. The monoisotopic (exact) mass is 211 g/mol. The molecule has 0 radical (unpaired) electrons. The smallest absolute Gasteiger partial charge is 0.286 e. The van der Waals surface area contributed by atoms with Gasteiger partial charge < -0.3 is 0 Å². The number of carbonyl (C=O) groups is 2. The summed E-state index contributed by atoms with van der Waals surface area (Å²) < 4.78 is 12.6. The number of rotatable bonds is 1. The summed E-state index contributed by atoms with van der Waals surface area (Å²) >= 11 is 0.911. The number of hydrogen-bond acceptors (Lipinski definition) is 3. The Hall–Kier alpha value is -1.36. The van der Waals surface area contributed by atoms with E-state index < -0.39 is 5.25 Å². The maximum atomic E-state index is 12.6. The van der Waals surface area contributed by atoms with E-state index in [0.717, 1.165) is 11.8 Å². The van der Waals surface area contributed by atoms with Crippen molar-refractivity contribution in [2.24, 2.45) is 0 Å². The quantitative estimate of drug-likeness (QED) is 0.771. The number of carbonyl (C=O) groups excluding carboxylic acids is 2. The van der Waals surface area contributed by atoms with Crippen LogP contribution in [0.15, 0.2) is 24.3 Å². The van der Waals surface area contributed by atoms with Crippen molar-refractivity contribution in [3.05, 3.63) is 35.6 Å². The highest BCUT2D eigenvalue weighted by Gasteiger charge is 2.32. The Morgan fingerprint density at radius 1 is 1.21 bits per heavy atom. The van der Waals surface area contributed by atoms with E-state index >= 15 is 0 Å². The van der Waals surface area contributed by atoms with Crippen LogP contribution in [0.4, 0.5) is 9.18 Å². The van der Waals surface area contributed by atoms with E-state index in [1.807, 2.05) is 0 Å². The van der Waals surface area contributed by atoms with Gasteiger partial charge in [-0.3, -0.25) is 14.9 Å². The molecule has 1 unspecified atom stereocenters. The van der Waals surface area contributed by atoms with Crippen molar-refractivity contribution in [3.63, 3.8) is 0 Å². The van der Waals surface area contributed by atoms with Gasteiger partial charge in [-0.05, 0) is 29.5 Å². The number of nitrogens with one attached hydrogen (secondary N) is 1. The van der Waals surface area contributed by atoms with Crippen LogP contribution in [-0.2, 0) is 4.79 Å². The maximum Gasteiger partial charge on any atom is 0.286 e. The molecular formula is C9H6FNO2S.